The van der Waals surface area contributed by atoms with E-state index in [-0.39, 0.29) is 5.41 Å². The largest absolute Gasteiger partial charge is 0.358 e. The Hall–Kier alpha value is -3.14. The number of amides is 1. The summed E-state index contributed by atoms with van der Waals surface area (Å²) in [6, 6.07) is 14.3. The smallest absolute Gasteiger partial charge is 0.267 e. The third-order valence-corrected chi connectivity index (χ3v) is 7.44. The molecule has 1 atom stereocenters. The van der Waals surface area contributed by atoms with E-state index in [1.807, 2.05) is 30.3 Å². The molecule has 1 aliphatic rings. The number of rotatable bonds is 8. The monoisotopic (exact) mass is 524 g/mol. The molecule has 4 N–H and O–H groups in total. The Morgan fingerprint density at radius 2 is 1.92 bits per heavy atom. The van der Waals surface area contributed by atoms with Crippen LogP contribution in [0.3, 0.4) is 0 Å². The fourth-order valence-corrected chi connectivity index (χ4v) is 5.75. The number of hydrogen-bond acceptors (Lipinski definition) is 5. The summed E-state index contributed by atoms with van der Waals surface area (Å²) in [7, 11) is -3.34. The van der Waals surface area contributed by atoms with Crippen LogP contribution in [0.5, 0.6) is 0 Å². The number of aromatic nitrogens is 1. The minimum Gasteiger partial charge on any atom is -0.358 e. The van der Waals surface area contributed by atoms with Crippen LogP contribution in [0.25, 0.3) is 17.0 Å². The summed E-state index contributed by atoms with van der Waals surface area (Å²) < 4.78 is 26.0. The second kappa shape index (κ2) is 10.7. The molecule has 198 valence electrons. The number of hydroxylamine groups is 1. The predicted octanol–water partition coefficient (Wildman–Crippen LogP) is 4.74. The summed E-state index contributed by atoms with van der Waals surface area (Å²) in [6.45, 7) is 8.53. The van der Waals surface area contributed by atoms with Gasteiger partial charge in [0.05, 0.1) is 11.9 Å². The standard InChI is InChI=1S/C28H36N4O4S/c1-28(2,3)27-23(22-13-12-21(18-24(22)29-27)31-37(4,35)36)15-17-32-16-5-6-25(32)20-10-7-19(8-11-20)9-14-26(33)30-34/h7-14,18,25,29,31,34H,5-6,15-17H2,1-4H3,(H,30,33). The van der Waals surface area contributed by atoms with Crippen LogP contribution < -0.4 is 10.2 Å². The summed E-state index contributed by atoms with van der Waals surface area (Å²) in [6.07, 6.45) is 7.25. The molecule has 0 saturated carbocycles. The molecule has 0 spiro atoms. The average Bonchev–Trinajstić information content (AvgIpc) is 3.44. The van der Waals surface area contributed by atoms with Crippen LogP contribution in [0.15, 0.2) is 48.5 Å². The second-order valence-electron chi connectivity index (χ2n) is 10.8. The molecule has 0 aliphatic carbocycles. The van der Waals surface area contributed by atoms with Crippen LogP contribution in [-0.4, -0.2) is 48.8 Å². The summed E-state index contributed by atoms with van der Waals surface area (Å²) >= 11 is 0. The average molecular weight is 525 g/mol. The number of H-pyrrole nitrogens is 1. The van der Waals surface area contributed by atoms with Gasteiger partial charge in [0.2, 0.25) is 10.0 Å². The zero-order valence-electron chi connectivity index (χ0n) is 21.8. The van der Waals surface area contributed by atoms with E-state index in [1.165, 1.54) is 22.9 Å². The maximum absolute atomic E-state index is 11.7. The Kier molecular flexibility index (Phi) is 7.77. The van der Waals surface area contributed by atoms with Crippen LogP contribution in [0.2, 0.25) is 0 Å². The first kappa shape index (κ1) is 26.9. The number of carbonyl (C=O) groups is 1. The van der Waals surface area contributed by atoms with Crippen LogP contribution in [0.1, 0.15) is 62.0 Å². The second-order valence-corrected chi connectivity index (χ2v) is 12.5. The van der Waals surface area contributed by atoms with E-state index >= 15 is 0 Å². The Morgan fingerprint density at radius 1 is 1.19 bits per heavy atom. The van der Waals surface area contributed by atoms with Crippen molar-refractivity contribution in [2.24, 2.45) is 0 Å². The molecule has 3 aromatic rings. The molecule has 1 aliphatic heterocycles. The molecule has 1 unspecified atom stereocenters. The molecule has 0 radical (unpaired) electrons. The molecular weight excluding hydrogens is 488 g/mol. The van der Waals surface area contributed by atoms with Crippen molar-refractivity contribution in [2.45, 2.75) is 51.5 Å². The summed E-state index contributed by atoms with van der Waals surface area (Å²) in [5.74, 6) is -0.555. The number of likely N-dealkylation sites (tertiary alicyclic amines) is 1. The zero-order valence-corrected chi connectivity index (χ0v) is 22.7. The van der Waals surface area contributed by atoms with E-state index in [0.717, 1.165) is 55.1 Å². The Balaban J connectivity index is 1.54. The van der Waals surface area contributed by atoms with Crippen molar-refractivity contribution in [3.63, 3.8) is 0 Å². The van der Waals surface area contributed by atoms with Crippen molar-refractivity contribution in [1.29, 1.82) is 0 Å². The lowest BCUT2D eigenvalue weighted by Gasteiger charge is -2.26. The fraction of sp³-hybridized carbons (Fsp3) is 0.393. The molecule has 2 aromatic carbocycles. The van der Waals surface area contributed by atoms with Crippen molar-refractivity contribution in [1.82, 2.24) is 15.4 Å². The number of anilines is 1. The van der Waals surface area contributed by atoms with E-state index in [0.29, 0.717) is 11.7 Å². The lowest BCUT2D eigenvalue weighted by atomic mass is 9.88. The number of carbonyl (C=O) groups excluding carboxylic acids is 1. The lowest BCUT2D eigenvalue weighted by Crippen LogP contribution is -2.26. The van der Waals surface area contributed by atoms with Crippen molar-refractivity contribution < 1.29 is 18.4 Å². The van der Waals surface area contributed by atoms with E-state index < -0.39 is 15.9 Å². The molecule has 8 nitrogen and oxygen atoms in total. The SMILES string of the molecule is CC(C)(C)c1[nH]c2cc(NS(C)(=O)=O)ccc2c1CCN1CCCC1c1ccc(C=CC(=O)NO)cc1. The number of benzene rings is 2. The van der Waals surface area contributed by atoms with Gasteiger partial charge in [-0.15, -0.1) is 0 Å². The number of sulfonamides is 1. The van der Waals surface area contributed by atoms with Crippen molar-refractivity contribution in [3.05, 3.63) is 70.9 Å². The van der Waals surface area contributed by atoms with E-state index in [9.17, 15) is 13.2 Å². The van der Waals surface area contributed by atoms with Crippen molar-refractivity contribution in [2.75, 3.05) is 24.1 Å². The molecule has 1 aromatic heterocycles. The fourth-order valence-electron chi connectivity index (χ4n) is 5.20. The topological polar surface area (TPSA) is 115 Å². The minimum atomic E-state index is -3.34. The van der Waals surface area contributed by atoms with E-state index in [2.05, 4.69) is 47.5 Å². The van der Waals surface area contributed by atoms with Crippen LogP contribution in [0.4, 0.5) is 5.69 Å². The number of fused-ring (bicyclic) bond motifs is 1. The van der Waals surface area contributed by atoms with E-state index in [4.69, 9.17) is 5.21 Å². The first-order valence-electron chi connectivity index (χ1n) is 12.5. The highest BCUT2D eigenvalue weighted by atomic mass is 32.2. The molecule has 1 fully saturated rings. The third-order valence-electron chi connectivity index (χ3n) is 6.83. The number of hydrogen-bond donors (Lipinski definition) is 4. The van der Waals surface area contributed by atoms with Gasteiger partial charge in [0, 0.05) is 40.7 Å². The summed E-state index contributed by atoms with van der Waals surface area (Å²) in [4.78, 5) is 17.3. The highest BCUT2D eigenvalue weighted by Gasteiger charge is 2.28. The number of nitrogens with zero attached hydrogens (tertiary/aromatic N) is 1. The van der Waals surface area contributed by atoms with Crippen molar-refractivity contribution in [3.8, 4) is 0 Å². The number of nitrogens with one attached hydrogen (secondary N) is 3. The molecule has 4 rings (SSSR count). The van der Waals surface area contributed by atoms with Gasteiger partial charge < -0.3 is 4.98 Å². The lowest BCUT2D eigenvalue weighted by molar-refractivity contribution is -0.124. The summed E-state index contributed by atoms with van der Waals surface area (Å²) in [5.41, 5.74) is 7.62. The number of aromatic amines is 1. The van der Waals surface area contributed by atoms with Gasteiger partial charge in [0.1, 0.15) is 0 Å². The van der Waals surface area contributed by atoms with E-state index in [1.54, 1.807) is 11.6 Å². The highest BCUT2D eigenvalue weighted by Crippen LogP contribution is 2.36. The van der Waals surface area contributed by atoms with Gasteiger partial charge in [0.25, 0.3) is 5.91 Å². The van der Waals surface area contributed by atoms with Crippen molar-refractivity contribution >= 4 is 38.6 Å². The van der Waals surface area contributed by atoms with Gasteiger partial charge in [-0.25, -0.2) is 13.9 Å². The Labute approximate surface area is 218 Å². The van der Waals surface area contributed by atoms with Gasteiger partial charge in [-0.3, -0.25) is 19.6 Å². The van der Waals surface area contributed by atoms with Gasteiger partial charge >= 0.3 is 0 Å². The third kappa shape index (κ3) is 6.60. The van der Waals surface area contributed by atoms with Crippen LogP contribution >= 0.6 is 0 Å². The van der Waals surface area contributed by atoms with Gasteiger partial charge in [0.15, 0.2) is 0 Å². The first-order chi connectivity index (χ1) is 17.4. The quantitative estimate of drug-likeness (QED) is 0.193. The molecule has 9 heteroatoms. The van der Waals surface area contributed by atoms with Crippen LogP contribution in [-0.2, 0) is 26.7 Å². The molecule has 1 amide bonds. The van der Waals surface area contributed by atoms with Gasteiger partial charge in [-0.2, -0.15) is 0 Å². The van der Waals surface area contributed by atoms with Crippen LogP contribution in [0, 0.1) is 0 Å². The molecule has 0 bridgehead atoms. The molecule has 2 heterocycles. The molecule has 37 heavy (non-hydrogen) atoms. The molecular formula is C28H36N4O4S. The Morgan fingerprint density at radius 3 is 2.57 bits per heavy atom. The normalized spacial score (nSPS) is 17.1. The maximum Gasteiger partial charge on any atom is 0.267 e. The first-order valence-corrected chi connectivity index (χ1v) is 14.4. The highest BCUT2D eigenvalue weighted by molar-refractivity contribution is 7.92. The predicted molar refractivity (Wildman–Crippen MR) is 148 cm³/mol. The Bertz CT molecular complexity index is 1400. The zero-order chi connectivity index (χ0) is 26.8. The summed E-state index contributed by atoms with van der Waals surface area (Å²) in [5, 5.41) is 9.77. The van der Waals surface area contributed by atoms with Gasteiger partial charge in [-0.05, 0) is 60.7 Å². The van der Waals surface area contributed by atoms with Gasteiger partial charge in [-0.1, -0.05) is 51.1 Å². The minimum absolute atomic E-state index is 0.0839. The molecule has 1 saturated heterocycles. The maximum atomic E-state index is 11.7.